The van der Waals surface area contributed by atoms with Gasteiger partial charge in [-0.05, 0) is 31.0 Å². The van der Waals surface area contributed by atoms with Crippen LogP contribution in [0.3, 0.4) is 0 Å². The third-order valence-corrected chi connectivity index (χ3v) is 4.72. The largest absolute Gasteiger partial charge is 0.301 e. The molecule has 0 radical (unpaired) electrons. The number of halogens is 2. The van der Waals surface area contributed by atoms with Crippen molar-refractivity contribution in [3.05, 3.63) is 22.7 Å². The average Bonchev–Trinajstić information content (AvgIpc) is 2.72. The normalized spacial score (nSPS) is 12.6. The standard InChI is InChI=1S/C13H14BrClN2OS/c1-3-4-9(14)12(18)17-13-16-11-7(2)5-8(15)6-10(11)19-13/h5-6,9H,3-4H2,1-2H3,(H,16,17,18). The van der Waals surface area contributed by atoms with E-state index in [1.807, 2.05) is 26.0 Å². The van der Waals surface area contributed by atoms with Crippen LogP contribution in [0, 0.1) is 6.92 Å². The lowest BCUT2D eigenvalue weighted by Gasteiger charge is -2.06. The Hall–Kier alpha value is -0.650. The number of hydrogen-bond acceptors (Lipinski definition) is 3. The van der Waals surface area contributed by atoms with Crippen molar-refractivity contribution in [3.63, 3.8) is 0 Å². The van der Waals surface area contributed by atoms with Gasteiger partial charge in [0.05, 0.1) is 15.0 Å². The third kappa shape index (κ3) is 3.46. The molecule has 3 nitrogen and oxygen atoms in total. The molecule has 2 rings (SSSR count). The van der Waals surface area contributed by atoms with E-state index in [2.05, 4.69) is 26.2 Å². The topological polar surface area (TPSA) is 42.0 Å². The Morgan fingerprint density at radius 3 is 3.00 bits per heavy atom. The molecule has 1 aromatic carbocycles. The molecule has 0 fully saturated rings. The number of hydrogen-bond donors (Lipinski definition) is 1. The van der Waals surface area contributed by atoms with Gasteiger partial charge < -0.3 is 5.32 Å². The van der Waals surface area contributed by atoms with Gasteiger partial charge in [0.15, 0.2) is 5.13 Å². The minimum Gasteiger partial charge on any atom is -0.301 e. The van der Waals surface area contributed by atoms with Crippen LogP contribution in [0.5, 0.6) is 0 Å². The maximum Gasteiger partial charge on any atom is 0.239 e. The van der Waals surface area contributed by atoms with Crippen LogP contribution in [0.25, 0.3) is 10.2 Å². The van der Waals surface area contributed by atoms with Crippen LogP contribution < -0.4 is 5.32 Å². The molecule has 0 aliphatic carbocycles. The molecule has 0 saturated carbocycles. The summed E-state index contributed by atoms with van der Waals surface area (Å²) in [4.78, 5) is 16.2. The lowest BCUT2D eigenvalue weighted by molar-refractivity contribution is -0.115. The summed E-state index contributed by atoms with van der Waals surface area (Å²) in [5.74, 6) is -0.0512. The van der Waals surface area contributed by atoms with E-state index in [1.54, 1.807) is 0 Å². The van der Waals surface area contributed by atoms with Gasteiger partial charge in [-0.15, -0.1) is 0 Å². The fraction of sp³-hybridized carbons (Fsp3) is 0.385. The number of fused-ring (bicyclic) bond motifs is 1. The van der Waals surface area contributed by atoms with Crippen LogP contribution in [-0.2, 0) is 4.79 Å². The number of anilines is 1. The van der Waals surface area contributed by atoms with E-state index in [0.29, 0.717) is 10.2 Å². The predicted molar refractivity (Wildman–Crippen MR) is 85.6 cm³/mol. The summed E-state index contributed by atoms with van der Waals surface area (Å²) in [6.07, 6.45) is 1.76. The second kappa shape index (κ2) is 6.20. The molecular formula is C13H14BrClN2OS. The summed E-state index contributed by atoms with van der Waals surface area (Å²) in [6, 6.07) is 3.74. The van der Waals surface area contributed by atoms with E-state index in [1.165, 1.54) is 11.3 Å². The van der Waals surface area contributed by atoms with Gasteiger partial charge in [0, 0.05) is 5.02 Å². The first kappa shape index (κ1) is 14.8. The highest BCUT2D eigenvalue weighted by Crippen LogP contribution is 2.31. The van der Waals surface area contributed by atoms with Gasteiger partial charge in [0.2, 0.25) is 5.91 Å². The molecule has 1 amide bonds. The van der Waals surface area contributed by atoms with Crippen LogP contribution in [-0.4, -0.2) is 15.7 Å². The molecule has 102 valence electrons. The Balaban J connectivity index is 2.22. The smallest absolute Gasteiger partial charge is 0.239 e. The number of benzene rings is 1. The van der Waals surface area contributed by atoms with E-state index in [9.17, 15) is 4.79 Å². The molecule has 1 heterocycles. The Labute approximate surface area is 129 Å². The number of nitrogens with one attached hydrogen (secondary N) is 1. The molecule has 6 heteroatoms. The molecule has 0 aliphatic rings. The van der Waals surface area contributed by atoms with Gasteiger partial charge in [-0.2, -0.15) is 0 Å². The summed E-state index contributed by atoms with van der Waals surface area (Å²) >= 11 is 10.8. The van der Waals surface area contributed by atoms with Crippen molar-refractivity contribution < 1.29 is 4.79 Å². The number of alkyl halides is 1. The average molecular weight is 362 g/mol. The molecule has 1 unspecified atom stereocenters. The first-order chi connectivity index (χ1) is 9.01. The highest BCUT2D eigenvalue weighted by atomic mass is 79.9. The second-order valence-electron chi connectivity index (χ2n) is 4.33. The van der Waals surface area contributed by atoms with Crippen molar-refractivity contribution in [1.29, 1.82) is 0 Å². The van der Waals surface area contributed by atoms with Crippen LogP contribution in [0.2, 0.25) is 5.02 Å². The first-order valence-electron chi connectivity index (χ1n) is 6.03. The molecule has 0 saturated heterocycles. The number of rotatable bonds is 4. The number of nitrogens with zero attached hydrogens (tertiary/aromatic N) is 1. The minimum atomic E-state index is -0.172. The molecule has 0 bridgehead atoms. The fourth-order valence-electron chi connectivity index (χ4n) is 1.78. The first-order valence-corrected chi connectivity index (χ1v) is 8.14. The van der Waals surface area contributed by atoms with E-state index in [4.69, 9.17) is 11.6 Å². The van der Waals surface area contributed by atoms with E-state index < -0.39 is 0 Å². The number of carbonyl (C=O) groups excluding carboxylic acids is 1. The molecule has 1 aromatic heterocycles. The lowest BCUT2D eigenvalue weighted by atomic mass is 10.2. The van der Waals surface area contributed by atoms with Crippen molar-refractivity contribution in [1.82, 2.24) is 4.98 Å². The minimum absolute atomic E-state index is 0.0512. The third-order valence-electron chi connectivity index (χ3n) is 2.71. The Morgan fingerprint density at radius 1 is 1.58 bits per heavy atom. The van der Waals surface area contributed by atoms with Crippen LogP contribution >= 0.6 is 38.9 Å². The van der Waals surface area contributed by atoms with Crippen molar-refractivity contribution in [3.8, 4) is 0 Å². The van der Waals surface area contributed by atoms with E-state index >= 15 is 0 Å². The summed E-state index contributed by atoms with van der Waals surface area (Å²) < 4.78 is 0.988. The van der Waals surface area contributed by atoms with Gasteiger partial charge in [-0.25, -0.2) is 4.98 Å². The number of amides is 1. The zero-order chi connectivity index (χ0) is 14.0. The molecule has 19 heavy (non-hydrogen) atoms. The van der Waals surface area contributed by atoms with Gasteiger partial charge in [-0.1, -0.05) is 52.2 Å². The van der Waals surface area contributed by atoms with Crippen LogP contribution in [0.1, 0.15) is 25.3 Å². The number of carbonyl (C=O) groups is 1. The molecule has 1 N–H and O–H groups in total. The zero-order valence-corrected chi connectivity index (χ0v) is 13.8. The Bertz CT molecular complexity index is 614. The number of aromatic nitrogens is 1. The zero-order valence-electron chi connectivity index (χ0n) is 10.7. The Morgan fingerprint density at radius 2 is 2.32 bits per heavy atom. The summed E-state index contributed by atoms with van der Waals surface area (Å²) in [5.41, 5.74) is 1.91. The second-order valence-corrected chi connectivity index (χ2v) is 6.91. The summed E-state index contributed by atoms with van der Waals surface area (Å²) in [5, 5.41) is 4.15. The van der Waals surface area contributed by atoms with Crippen molar-refractivity contribution in [2.45, 2.75) is 31.5 Å². The van der Waals surface area contributed by atoms with Crippen LogP contribution in [0.4, 0.5) is 5.13 Å². The van der Waals surface area contributed by atoms with Gasteiger partial charge in [-0.3, -0.25) is 4.79 Å². The van der Waals surface area contributed by atoms with Crippen molar-refractivity contribution >= 4 is 60.1 Å². The predicted octanol–water partition coefficient (Wildman–Crippen LogP) is 4.76. The van der Waals surface area contributed by atoms with E-state index in [0.717, 1.165) is 28.6 Å². The van der Waals surface area contributed by atoms with Crippen molar-refractivity contribution in [2.24, 2.45) is 0 Å². The number of aryl methyl sites for hydroxylation is 1. The highest BCUT2D eigenvalue weighted by molar-refractivity contribution is 9.10. The van der Waals surface area contributed by atoms with Crippen molar-refractivity contribution in [2.75, 3.05) is 5.32 Å². The van der Waals surface area contributed by atoms with Gasteiger partial charge >= 0.3 is 0 Å². The molecule has 0 aliphatic heterocycles. The molecule has 0 spiro atoms. The fourth-order valence-corrected chi connectivity index (χ4v) is 3.67. The molecular weight excluding hydrogens is 348 g/mol. The van der Waals surface area contributed by atoms with E-state index in [-0.39, 0.29) is 10.7 Å². The SMILES string of the molecule is CCCC(Br)C(=O)Nc1nc2c(C)cc(Cl)cc2s1. The molecule has 2 aromatic rings. The maximum atomic E-state index is 11.9. The van der Waals surface area contributed by atoms with Gasteiger partial charge in [0.1, 0.15) is 0 Å². The lowest BCUT2D eigenvalue weighted by Crippen LogP contribution is -2.22. The summed E-state index contributed by atoms with van der Waals surface area (Å²) in [6.45, 7) is 4.01. The summed E-state index contributed by atoms with van der Waals surface area (Å²) in [7, 11) is 0. The highest BCUT2D eigenvalue weighted by Gasteiger charge is 2.16. The maximum absolute atomic E-state index is 11.9. The Kier molecular flexibility index (Phi) is 4.81. The van der Waals surface area contributed by atoms with Crippen LogP contribution in [0.15, 0.2) is 12.1 Å². The van der Waals surface area contributed by atoms with Gasteiger partial charge in [0.25, 0.3) is 0 Å². The molecule has 1 atom stereocenters. The number of thiazole rings is 1. The monoisotopic (exact) mass is 360 g/mol. The quantitative estimate of drug-likeness (QED) is 0.798.